The summed E-state index contributed by atoms with van der Waals surface area (Å²) in [5.41, 5.74) is 3.08. The second-order valence-electron chi connectivity index (χ2n) is 6.67. The van der Waals surface area contributed by atoms with E-state index in [4.69, 9.17) is 0 Å². The Hall–Kier alpha value is -1.69. The van der Waals surface area contributed by atoms with Crippen LogP contribution in [-0.4, -0.2) is 26.4 Å². The van der Waals surface area contributed by atoms with Crippen molar-refractivity contribution < 1.29 is 8.42 Å². The molecule has 0 bridgehead atoms. The second-order valence-corrected chi connectivity index (χ2v) is 8.48. The van der Waals surface area contributed by atoms with Gasteiger partial charge in [0, 0.05) is 13.1 Å². The Labute approximate surface area is 150 Å². The Balaban J connectivity index is 1.62. The van der Waals surface area contributed by atoms with Gasteiger partial charge in [0.05, 0.1) is 5.75 Å². The molecule has 1 heterocycles. The lowest BCUT2D eigenvalue weighted by atomic mass is 10.1. The third kappa shape index (κ3) is 5.66. The summed E-state index contributed by atoms with van der Waals surface area (Å²) in [6.45, 7) is 3.51. The molecule has 3 rings (SSSR count). The van der Waals surface area contributed by atoms with Crippen molar-refractivity contribution in [3.8, 4) is 0 Å². The molecule has 4 nitrogen and oxygen atoms in total. The molecule has 0 amide bonds. The Morgan fingerprint density at radius 3 is 2.20 bits per heavy atom. The third-order valence-corrected chi connectivity index (χ3v) is 5.94. The minimum absolute atomic E-state index is 0.0160. The van der Waals surface area contributed by atoms with Crippen LogP contribution in [0.15, 0.2) is 54.6 Å². The van der Waals surface area contributed by atoms with Crippen molar-refractivity contribution in [2.24, 2.45) is 0 Å². The highest BCUT2D eigenvalue weighted by Gasteiger charge is 2.15. The van der Waals surface area contributed by atoms with Crippen LogP contribution in [0.1, 0.15) is 36.0 Å². The first-order chi connectivity index (χ1) is 12.1. The summed E-state index contributed by atoms with van der Waals surface area (Å²) < 4.78 is 27.5. The van der Waals surface area contributed by atoms with E-state index in [1.165, 1.54) is 24.8 Å². The maximum Gasteiger partial charge on any atom is 0.216 e. The molecule has 5 heteroatoms. The number of rotatable bonds is 7. The largest absolute Gasteiger partial charge is 0.299 e. The lowest BCUT2D eigenvalue weighted by Crippen LogP contribution is -2.30. The number of benzene rings is 2. The maximum atomic E-state index is 12.4. The molecule has 1 N–H and O–H groups in total. The van der Waals surface area contributed by atoms with Gasteiger partial charge in [-0.25, -0.2) is 13.1 Å². The van der Waals surface area contributed by atoms with Crippen LogP contribution in [0.25, 0.3) is 0 Å². The number of sulfonamides is 1. The second kappa shape index (κ2) is 8.61. The zero-order chi connectivity index (χ0) is 17.5. The smallest absolute Gasteiger partial charge is 0.216 e. The fourth-order valence-corrected chi connectivity index (χ4v) is 4.38. The number of nitrogens with one attached hydrogen (secondary N) is 1. The zero-order valence-corrected chi connectivity index (χ0v) is 15.3. The first kappa shape index (κ1) is 18.1. The van der Waals surface area contributed by atoms with Gasteiger partial charge >= 0.3 is 0 Å². The molecule has 25 heavy (non-hydrogen) atoms. The number of piperidine rings is 1. The molecular formula is C20H26N2O2S. The summed E-state index contributed by atoms with van der Waals surface area (Å²) >= 11 is 0. The van der Waals surface area contributed by atoms with Crippen LogP contribution in [0.5, 0.6) is 0 Å². The molecular weight excluding hydrogens is 332 g/mol. The van der Waals surface area contributed by atoms with E-state index in [9.17, 15) is 8.42 Å². The van der Waals surface area contributed by atoms with E-state index >= 15 is 0 Å². The van der Waals surface area contributed by atoms with Crippen molar-refractivity contribution in [1.29, 1.82) is 0 Å². The number of likely N-dealkylation sites (tertiary alicyclic amines) is 1. The minimum Gasteiger partial charge on any atom is -0.299 e. The maximum absolute atomic E-state index is 12.4. The van der Waals surface area contributed by atoms with E-state index in [0.29, 0.717) is 6.54 Å². The van der Waals surface area contributed by atoms with Gasteiger partial charge in [-0.05, 0) is 42.6 Å². The highest BCUT2D eigenvalue weighted by molar-refractivity contribution is 7.88. The van der Waals surface area contributed by atoms with Crippen LogP contribution < -0.4 is 4.72 Å². The van der Waals surface area contributed by atoms with Crippen LogP contribution >= 0.6 is 0 Å². The van der Waals surface area contributed by atoms with Crippen molar-refractivity contribution >= 4 is 10.0 Å². The average molecular weight is 359 g/mol. The number of hydrogen-bond donors (Lipinski definition) is 1. The summed E-state index contributed by atoms with van der Waals surface area (Å²) in [6.07, 6.45) is 3.83. The van der Waals surface area contributed by atoms with E-state index in [0.717, 1.165) is 30.8 Å². The molecule has 0 unspecified atom stereocenters. The lowest BCUT2D eigenvalue weighted by Gasteiger charge is -2.27. The van der Waals surface area contributed by atoms with E-state index in [1.807, 2.05) is 48.5 Å². The molecule has 0 atom stereocenters. The van der Waals surface area contributed by atoms with Gasteiger partial charge in [-0.2, -0.15) is 0 Å². The van der Waals surface area contributed by atoms with Gasteiger partial charge in [-0.15, -0.1) is 0 Å². The predicted octanol–water partition coefficient (Wildman–Crippen LogP) is 3.29. The average Bonchev–Trinajstić information content (AvgIpc) is 2.62. The monoisotopic (exact) mass is 358 g/mol. The summed E-state index contributed by atoms with van der Waals surface area (Å²) in [5, 5.41) is 0. The molecule has 1 aliphatic heterocycles. The van der Waals surface area contributed by atoms with E-state index in [-0.39, 0.29) is 5.75 Å². The molecule has 1 aliphatic rings. The first-order valence-corrected chi connectivity index (χ1v) is 10.6. The number of nitrogens with zero attached hydrogens (tertiary/aromatic N) is 1. The Morgan fingerprint density at radius 1 is 0.840 bits per heavy atom. The van der Waals surface area contributed by atoms with Crippen molar-refractivity contribution in [3.05, 3.63) is 71.3 Å². The standard InChI is InChI=1S/C20H26N2O2S/c23-25(24,17-18-9-3-1-4-10-18)21-15-19-11-5-6-12-20(19)16-22-13-7-2-8-14-22/h1,3-6,9-12,21H,2,7-8,13-17H2. The Kier molecular flexibility index (Phi) is 6.24. The normalized spacial score (nSPS) is 16.0. The molecule has 0 saturated carbocycles. The van der Waals surface area contributed by atoms with E-state index in [1.54, 1.807) is 0 Å². The molecule has 2 aromatic carbocycles. The van der Waals surface area contributed by atoms with Crippen LogP contribution in [0, 0.1) is 0 Å². The highest BCUT2D eigenvalue weighted by atomic mass is 32.2. The SMILES string of the molecule is O=S(=O)(Cc1ccccc1)NCc1ccccc1CN1CCCCC1. The summed E-state index contributed by atoms with van der Waals surface area (Å²) in [6, 6.07) is 17.4. The molecule has 0 aromatic heterocycles. The quantitative estimate of drug-likeness (QED) is 0.826. The fourth-order valence-electron chi connectivity index (χ4n) is 3.28. The van der Waals surface area contributed by atoms with Crippen molar-refractivity contribution in [2.75, 3.05) is 13.1 Å². The summed E-state index contributed by atoms with van der Waals surface area (Å²) in [5.74, 6) is 0.0160. The molecule has 1 saturated heterocycles. The molecule has 1 fully saturated rings. The minimum atomic E-state index is -3.35. The lowest BCUT2D eigenvalue weighted by molar-refractivity contribution is 0.220. The zero-order valence-electron chi connectivity index (χ0n) is 14.5. The van der Waals surface area contributed by atoms with Crippen molar-refractivity contribution in [2.45, 2.75) is 38.1 Å². The van der Waals surface area contributed by atoms with Crippen LogP contribution in [0.2, 0.25) is 0 Å². The summed E-state index contributed by atoms with van der Waals surface area (Å²) in [4.78, 5) is 2.46. The van der Waals surface area contributed by atoms with Gasteiger partial charge in [0.15, 0.2) is 0 Å². The Morgan fingerprint density at radius 2 is 1.48 bits per heavy atom. The third-order valence-electron chi connectivity index (χ3n) is 4.64. The van der Waals surface area contributed by atoms with Gasteiger partial charge in [0.1, 0.15) is 0 Å². The molecule has 0 spiro atoms. The molecule has 0 aliphatic carbocycles. The van der Waals surface area contributed by atoms with Crippen LogP contribution in [-0.2, 0) is 28.9 Å². The van der Waals surface area contributed by atoms with Gasteiger partial charge in [-0.3, -0.25) is 4.90 Å². The van der Waals surface area contributed by atoms with E-state index in [2.05, 4.69) is 15.7 Å². The predicted molar refractivity (Wildman–Crippen MR) is 101 cm³/mol. The Bertz CT molecular complexity index is 769. The van der Waals surface area contributed by atoms with Crippen molar-refractivity contribution in [1.82, 2.24) is 9.62 Å². The van der Waals surface area contributed by atoms with E-state index < -0.39 is 10.0 Å². The van der Waals surface area contributed by atoms with Gasteiger partial charge in [0.25, 0.3) is 0 Å². The molecule has 0 radical (unpaired) electrons. The molecule has 134 valence electrons. The van der Waals surface area contributed by atoms with Crippen LogP contribution in [0.4, 0.5) is 0 Å². The van der Waals surface area contributed by atoms with Crippen LogP contribution in [0.3, 0.4) is 0 Å². The molecule has 2 aromatic rings. The van der Waals surface area contributed by atoms with Gasteiger partial charge < -0.3 is 0 Å². The highest BCUT2D eigenvalue weighted by Crippen LogP contribution is 2.16. The fraction of sp³-hybridized carbons (Fsp3) is 0.400. The topological polar surface area (TPSA) is 49.4 Å². The van der Waals surface area contributed by atoms with Crippen molar-refractivity contribution in [3.63, 3.8) is 0 Å². The number of hydrogen-bond acceptors (Lipinski definition) is 3. The van der Waals surface area contributed by atoms with Gasteiger partial charge in [-0.1, -0.05) is 61.0 Å². The van der Waals surface area contributed by atoms with Gasteiger partial charge in [0.2, 0.25) is 10.0 Å². The summed E-state index contributed by atoms with van der Waals surface area (Å²) in [7, 11) is -3.35. The first-order valence-electron chi connectivity index (χ1n) is 8.93.